The van der Waals surface area contributed by atoms with Crippen LogP contribution in [0.2, 0.25) is 0 Å². The van der Waals surface area contributed by atoms with Gasteiger partial charge < -0.3 is 5.32 Å². The van der Waals surface area contributed by atoms with Gasteiger partial charge in [-0.05, 0) is 56.3 Å². The first kappa shape index (κ1) is 16.0. The smallest absolute Gasteiger partial charge is 0.153 e. The fourth-order valence-corrected chi connectivity index (χ4v) is 3.66. The van der Waals surface area contributed by atoms with Gasteiger partial charge in [-0.25, -0.2) is 9.67 Å². The molecule has 3 aromatic rings. The second-order valence-corrected chi connectivity index (χ2v) is 6.63. The first-order chi connectivity index (χ1) is 12.4. The molecule has 1 aromatic carbocycles. The van der Waals surface area contributed by atoms with Crippen molar-refractivity contribution in [3.8, 4) is 5.82 Å². The molecule has 1 aliphatic rings. The number of hydrogen-bond donors (Lipinski definition) is 1. The first-order valence-electron chi connectivity index (χ1n) is 9.17. The lowest BCUT2D eigenvalue weighted by Crippen LogP contribution is -2.26. The van der Waals surface area contributed by atoms with E-state index in [1.807, 2.05) is 35.3 Å². The standard InChI is InChI=1S/C21H24N4/c1-2-8-17(9-3-1)10-7-15-22-19-11-6-12-20-18(19)16-24-25(20)21-13-4-5-14-23-21/h1-5,8-9,13-14,16,19,22H,6-7,10-12,15H2/t19-/m0/s1. The van der Waals surface area contributed by atoms with Crippen LogP contribution in [0.4, 0.5) is 0 Å². The molecule has 4 rings (SSSR count). The fourth-order valence-electron chi connectivity index (χ4n) is 3.66. The lowest BCUT2D eigenvalue weighted by Gasteiger charge is -2.24. The summed E-state index contributed by atoms with van der Waals surface area (Å²) in [5.74, 6) is 0.911. The molecule has 1 atom stereocenters. The molecule has 0 unspecified atom stereocenters. The molecule has 2 heterocycles. The molecular formula is C21H24N4. The zero-order chi connectivity index (χ0) is 16.9. The molecule has 0 saturated carbocycles. The number of fused-ring (bicyclic) bond motifs is 1. The molecule has 0 aliphatic heterocycles. The summed E-state index contributed by atoms with van der Waals surface area (Å²) >= 11 is 0. The maximum absolute atomic E-state index is 4.61. The van der Waals surface area contributed by atoms with Gasteiger partial charge in [0.2, 0.25) is 0 Å². The summed E-state index contributed by atoms with van der Waals surface area (Å²) in [6.07, 6.45) is 9.59. The van der Waals surface area contributed by atoms with Crippen LogP contribution in [-0.2, 0) is 12.8 Å². The van der Waals surface area contributed by atoms with Gasteiger partial charge in [-0.3, -0.25) is 0 Å². The van der Waals surface area contributed by atoms with E-state index in [2.05, 4.69) is 45.7 Å². The van der Waals surface area contributed by atoms with Gasteiger partial charge in [0.05, 0.1) is 11.9 Å². The first-order valence-corrected chi connectivity index (χ1v) is 9.17. The monoisotopic (exact) mass is 332 g/mol. The minimum atomic E-state index is 0.414. The van der Waals surface area contributed by atoms with Crippen molar-refractivity contribution in [2.24, 2.45) is 0 Å². The Morgan fingerprint density at radius 2 is 1.96 bits per heavy atom. The highest BCUT2D eigenvalue weighted by molar-refractivity contribution is 5.32. The van der Waals surface area contributed by atoms with Gasteiger partial charge in [0.15, 0.2) is 5.82 Å². The second kappa shape index (κ2) is 7.62. The van der Waals surface area contributed by atoms with E-state index in [1.54, 1.807) is 0 Å². The van der Waals surface area contributed by atoms with Crippen molar-refractivity contribution in [1.29, 1.82) is 0 Å². The molecule has 0 spiro atoms. The lowest BCUT2D eigenvalue weighted by molar-refractivity contribution is 0.451. The predicted molar refractivity (Wildman–Crippen MR) is 99.8 cm³/mol. The van der Waals surface area contributed by atoms with Crippen molar-refractivity contribution in [1.82, 2.24) is 20.1 Å². The number of hydrogen-bond acceptors (Lipinski definition) is 3. The van der Waals surface area contributed by atoms with Crippen LogP contribution in [0, 0.1) is 0 Å². The third-order valence-corrected chi connectivity index (χ3v) is 4.93. The van der Waals surface area contributed by atoms with E-state index in [-0.39, 0.29) is 0 Å². The molecule has 2 aromatic heterocycles. The number of pyridine rings is 1. The Bertz CT molecular complexity index is 795. The highest BCUT2D eigenvalue weighted by Crippen LogP contribution is 2.30. The summed E-state index contributed by atoms with van der Waals surface area (Å²) in [4.78, 5) is 4.44. The molecule has 4 heteroatoms. The molecule has 128 valence electrons. The Balaban J connectivity index is 1.40. The number of aryl methyl sites for hydroxylation is 1. The zero-order valence-electron chi connectivity index (χ0n) is 14.4. The quantitative estimate of drug-likeness (QED) is 0.697. The summed E-state index contributed by atoms with van der Waals surface area (Å²) in [5.41, 5.74) is 4.07. The van der Waals surface area contributed by atoms with Crippen molar-refractivity contribution in [2.75, 3.05) is 6.54 Å². The molecule has 0 fully saturated rings. The van der Waals surface area contributed by atoms with Gasteiger partial charge in [0.1, 0.15) is 0 Å². The number of nitrogens with zero attached hydrogens (tertiary/aromatic N) is 3. The Morgan fingerprint density at radius 1 is 1.08 bits per heavy atom. The van der Waals surface area contributed by atoms with Crippen molar-refractivity contribution < 1.29 is 0 Å². The van der Waals surface area contributed by atoms with Crippen LogP contribution in [0.15, 0.2) is 60.9 Å². The Hall–Kier alpha value is -2.46. The summed E-state index contributed by atoms with van der Waals surface area (Å²) in [5, 5.41) is 8.35. The Kier molecular flexibility index (Phi) is 4.89. The maximum Gasteiger partial charge on any atom is 0.153 e. The maximum atomic E-state index is 4.61. The van der Waals surface area contributed by atoms with Crippen LogP contribution in [0.25, 0.3) is 5.82 Å². The van der Waals surface area contributed by atoms with E-state index in [1.165, 1.54) is 29.7 Å². The van der Waals surface area contributed by atoms with Gasteiger partial charge in [0.25, 0.3) is 0 Å². The minimum Gasteiger partial charge on any atom is -0.310 e. The summed E-state index contributed by atoms with van der Waals surface area (Å²) < 4.78 is 2.01. The molecule has 4 nitrogen and oxygen atoms in total. The third kappa shape index (κ3) is 3.64. The van der Waals surface area contributed by atoms with E-state index in [4.69, 9.17) is 0 Å². The molecule has 0 saturated heterocycles. The molecule has 25 heavy (non-hydrogen) atoms. The molecular weight excluding hydrogens is 308 g/mol. The number of rotatable bonds is 6. The average molecular weight is 332 g/mol. The van der Waals surface area contributed by atoms with E-state index in [9.17, 15) is 0 Å². The van der Waals surface area contributed by atoms with Crippen molar-refractivity contribution in [3.63, 3.8) is 0 Å². The van der Waals surface area contributed by atoms with E-state index < -0.39 is 0 Å². The number of benzene rings is 1. The minimum absolute atomic E-state index is 0.414. The fraction of sp³-hybridized carbons (Fsp3) is 0.333. The second-order valence-electron chi connectivity index (χ2n) is 6.63. The topological polar surface area (TPSA) is 42.7 Å². The molecule has 0 radical (unpaired) electrons. The van der Waals surface area contributed by atoms with Gasteiger partial charge >= 0.3 is 0 Å². The summed E-state index contributed by atoms with van der Waals surface area (Å²) in [6.45, 7) is 1.04. The third-order valence-electron chi connectivity index (χ3n) is 4.93. The van der Waals surface area contributed by atoms with Gasteiger partial charge in [-0.1, -0.05) is 36.4 Å². The normalized spacial score (nSPS) is 16.6. The molecule has 1 N–H and O–H groups in total. The van der Waals surface area contributed by atoms with E-state index in [0.29, 0.717) is 6.04 Å². The van der Waals surface area contributed by atoms with Gasteiger partial charge in [0, 0.05) is 17.8 Å². The molecule has 0 bridgehead atoms. The summed E-state index contributed by atoms with van der Waals surface area (Å²) in [7, 11) is 0. The van der Waals surface area contributed by atoms with Crippen molar-refractivity contribution >= 4 is 0 Å². The lowest BCUT2D eigenvalue weighted by atomic mass is 9.93. The van der Waals surface area contributed by atoms with Crippen LogP contribution in [0.5, 0.6) is 0 Å². The number of aromatic nitrogens is 3. The van der Waals surface area contributed by atoms with Crippen LogP contribution in [0.3, 0.4) is 0 Å². The van der Waals surface area contributed by atoms with Crippen LogP contribution < -0.4 is 5.32 Å². The highest BCUT2D eigenvalue weighted by atomic mass is 15.3. The highest BCUT2D eigenvalue weighted by Gasteiger charge is 2.24. The van der Waals surface area contributed by atoms with Crippen LogP contribution in [0.1, 0.15) is 42.1 Å². The van der Waals surface area contributed by atoms with Crippen molar-refractivity contribution in [2.45, 2.75) is 38.1 Å². The van der Waals surface area contributed by atoms with E-state index >= 15 is 0 Å². The van der Waals surface area contributed by atoms with Crippen LogP contribution >= 0.6 is 0 Å². The Morgan fingerprint density at radius 3 is 2.80 bits per heavy atom. The number of nitrogens with one attached hydrogen (secondary N) is 1. The van der Waals surface area contributed by atoms with E-state index in [0.717, 1.165) is 31.6 Å². The molecule has 0 amide bonds. The SMILES string of the molecule is c1ccc(CCCN[C@H]2CCCc3c2cnn3-c2ccccn2)cc1. The van der Waals surface area contributed by atoms with Gasteiger partial charge in [-0.2, -0.15) is 5.10 Å². The predicted octanol–water partition coefficient (Wildman–Crippen LogP) is 3.87. The molecule has 1 aliphatic carbocycles. The largest absolute Gasteiger partial charge is 0.310 e. The Labute approximate surface area is 148 Å². The zero-order valence-corrected chi connectivity index (χ0v) is 14.4. The van der Waals surface area contributed by atoms with Crippen molar-refractivity contribution in [3.05, 3.63) is 77.7 Å². The van der Waals surface area contributed by atoms with Crippen LogP contribution in [-0.4, -0.2) is 21.3 Å². The van der Waals surface area contributed by atoms with Gasteiger partial charge in [-0.15, -0.1) is 0 Å². The summed E-state index contributed by atoms with van der Waals surface area (Å²) in [6, 6.07) is 17.1. The average Bonchev–Trinajstić information content (AvgIpc) is 3.12.